The van der Waals surface area contributed by atoms with Crippen molar-refractivity contribution in [3.8, 4) is 6.07 Å². The molecule has 6 heteroatoms. The van der Waals surface area contributed by atoms with Crippen molar-refractivity contribution in [2.75, 3.05) is 20.6 Å². The van der Waals surface area contributed by atoms with Gasteiger partial charge in [-0.15, -0.1) is 0 Å². The van der Waals surface area contributed by atoms with Crippen LogP contribution in [0.5, 0.6) is 0 Å². The highest BCUT2D eigenvalue weighted by molar-refractivity contribution is 5.82. The topological polar surface area (TPSA) is 84.6 Å². The van der Waals surface area contributed by atoms with E-state index >= 15 is 0 Å². The number of aliphatic carboxylic acids is 1. The molecule has 1 N–H and O–H groups in total. The largest absolute Gasteiger partial charge is 0.480 e. The Morgan fingerprint density at radius 1 is 1.47 bits per heavy atom. The second-order valence-corrected chi connectivity index (χ2v) is 3.29. The van der Waals surface area contributed by atoms with Gasteiger partial charge in [-0.2, -0.15) is 5.26 Å². The van der Waals surface area contributed by atoms with Gasteiger partial charge in [0.05, 0.1) is 12.5 Å². The number of nitriles is 1. The molecule has 1 atom stereocenters. The monoisotopic (exact) mass is 213 g/mol. The van der Waals surface area contributed by atoms with Gasteiger partial charge in [0, 0.05) is 20.6 Å². The van der Waals surface area contributed by atoms with Crippen LogP contribution in [0.15, 0.2) is 0 Å². The number of amides is 2. The molecule has 0 spiro atoms. The van der Waals surface area contributed by atoms with Gasteiger partial charge in [0.1, 0.15) is 6.04 Å². The summed E-state index contributed by atoms with van der Waals surface area (Å²) in [5.74, 6) is -1.08. The van der Waals surface area contributed by atoms with Crippen molar-refractivity contribution >= 4 is 12.0 Å². The Morgan fingerprint density at radius 3 is 2.33 bits per heavy atom. The number of nitrogens with zero attached hydrogens (tertiary/aromatic N) is 3. The second kappa shape index (κ2) is 5.86. The zero-order valence-corrected chi connectivity index (χ0v) is 9.10. The molecule has 0 bridgehead atoms. The van der Waals surface area contributed by atoms with Crippen molar-refractivity contribution < 1.29 is 14.7 Å². The number of rotatable bonds is 4. The fourth-order valence-corrected chi connectivity index (χ4v) is 1.02. The first-order chi connectivity index (χ1) is 6.91. The van der Waals surface area contributed by atoms with Gasteiger partial charge < -0.3 is 14.9 Å². The summed E-state index contributed by atoms with van der Waals surface area (Å²) in [5, 5.41) is 17.2. The quantitative estimate of drug-likeness (QED) is 0.730. The summed E-state index contributed by atoms with van der Waals surface area (Å²) >= 11 is 0. The number of carboxylic acids is 1. The van der Waals surface area contributed by atoms with Gasteiger partial charge in [-0.25, -0.2) is 9.59 Å². The van der Waals surface area contributed by atoms with Crippen LogP contribution in [0.2, 0.25) is 0 Å². The normalized spacial score (nSPS) is 11.3. The van der Waals surface area contributed by atoms with Crippen molar-refractivity contribution in [2.24, 2.45) is 0 Å². The van der Waals surface area contributed by atoms with E-state index < -0.39 is 18.0 Å². The lowest BCUT2D eigenvalue weighted by molar-refractivity contribution is -0.141. The summed E-state index contributed by atoms with van der Waals surface area (Å²) < 4.78 is 0. The molecule has 0 radical (unpaired) electrons. The zero-order valence-electron chi connectivity index (χ0n) is 9.10. The van der Waals surface area contributed by atoms with E-state index in [-0.39, 0.29) is 13.0 Å². The summed E-state index contributed by atoms with van der Waals surface area (Å²) in [6, 6.07) is 0.555. The molecular formula is C9H15N3O3. The number of urea groups is 1. The van der Waals surface area contributed by atoms with Crippen LogP contribution in [0.1, 0.15) is 13.3 Å². The average molecular weight is 213 g/mol. The lowest BCUT2D eigenvalue weighted by atomic mass is 10.2. The van der Waals surface area contributed by atoms with E-state index in [1.165, 1.54) is 25.9 Å². The SMILES string of the molecule is CC(C(=O)O)N(CCC#N)C(=O)N(C)C. The average Bonchev–Trinajstić information content (AvgIpc) is 2.17. The summed E-state index contributed by atoms with van der Waals surface area (Å²) in [7, 11) is 3.08. The first kappa shape index (κ1) is 13.2. The molecule has 0 rings (SSSR count). The molecule has 0 aliphatic carbocycles. The maximum atomic E-state index is 11.6. The predicted octanol–water partition coefficient (Wildman–Crippen LogP) is 0.357. The number of hydrogen-bond acceptors (Lipinski definition) is 3. The van der Waals surface area contributed by atoms with E-state index in [4.69, 9.17) is 10.4 Å². The Hall–Kier alpha value is -1.77. The highest BCUT2D eigenvalue weighted by Gasteiger charge is 2.25. The minimum Gasteiger partial charge on any atom is -0.480 e. The number of carbonyl (C=O) groups excluding carboxylic acids is 1. The molecule has 0 saturated heterocycles. The van der Waals surface area contributed by atoms with Gasteiger partial charge >= 0.3 is 12.0 Å². The third kappa shape index (κ3) is 3.85. The molecular weight excluding hydrogens is 198 g/mol. The third-order valence-corrected chi connectivity index (χ3v) is 1.92. The Kier molecular flexibility index (Phi) is 5.16. The van der Waals surface area contributed by atoms with Crippen LogP contribution < -0.4 is 0 Å². The fraction of sp³-hybridized carbons (Fsp3) is 0.667. The molecule has 0 aromatic carbocycles. The first-order valence-electron chi connectivity index (χ1n) is 4.49. The van der Waals surface area contributed by atoms with E-state index in [1.54, 1.807) is 0 Å². The first-order valence-corrected chi connectivity index (χ1v) is 4.49. The highest BCUT2D eigenvalue weighted by Crippen LogP contribution is 2.04. The van der Waals surface area contributed by atoms with Crippen molar-refractivity contribution in [1.82, 2.24) is 9.80 Å². The Morgan fingerprint density at radius 2 is 2.00 bits per heavy atom. The van der Waals surface area contributed by atoms with Crippen molar-refractivity contribution in [2.45, 2.75) is 19.4 Å². The zero-order chi connectivity index (χ0) is 12.0. The van der Waals surface area contributed by atoms with Gasteiger partial charge in [0.2, 0.25) is 0 Å². The number of carbonyl (C=O) groups is 2. The fourth-order valence-electron chi connectivity index (χ4n) is 1.02. The van der Waals surface area contributed by atoms with Gasteiger partial charge in [0.25, 0.3) is 0 Å². The Balaban J connectivity index is 4.65. The van der Waals surface area contributed by atoms with E-state index in [9.17, 15) is 9.59 Å². The molecule has 0 heterocycles. The van der Waals surface area contributed by atoms with E-state index in [2.05, 4.69) is 0 Å². The van der Waals surface area contributed by atoms with Crippen LogP contribution in [0, 0.1) is 11.3 Å². The predicted molar refractivity (Wildman–Crippen MR) is 53.1 cm³/mol. The van der Waals surface area contributed by atoms with E-state index in [1.807, 2.05) is 6.07 Å². The highest BCUT2D eigenvalue weighted by atomic mass is 16.4. The van der Waals surface area contributed by atoms with Crippen molar-refractivity contribution in [3.63, 3.8) is 0 Å². The maximum Gasteiger partial charge on any atom is 0.326 e. The molecule has 0 aromatic heterocycles. The van der Waals surface area contributed by atoms with Crippen molar-refractivity contribution in [3.05, 3.63) is 0 Å². The summed E-state index contributed by atoms with van der Waals surface area (Å²) in [6.45, 7) is 1.54. The van der Waals surface area contributed by atoms with Crippen LogP contribution in [-0.2, 0) is 4.79 Å². The summed E-state index contributed by atoms with van der Waals surface area (Å²) in [5.41, 5.74) is 0. The molecule has 6 nitrogen and oxygen atoms in total. The minimum absolute atomic E-state index is 0.122. The number of carboxylic acid groups (broad SMARTS) is 1. The molecule has 0 aliphatic rings. The molecule has 0 saturated carbocycles. The van der Waals surface area contributed by atoms with E-state index in [0.717, 1.165) is 4.90 Å². The van der Waals surface area contributed by atoms with Gasteiger partial charge in [-0.05, 0) is 6.92 Å². The van der Waals surface area contributed by atoms with Crippen LogP contribution in [0.25, 0.3) is 0 Å². The van der Waals surface area contributed by atoms with Gasteiger partial charge in [-0.3, -0.25) is 0 Å². The molecule has 15 heavy (non-hydrogen) atoms. The Labute approximate surface area is 88.7 Å². The lowest BCUT2D eigenvalue weighted by Crippen LogP contribution is -2.48. The van der Waals surface area contributed by atoms with Crippen LogP contribution >= 0.6 is 0 Å². The maximum absolute atomic E-state index is 11.6. The molecule has 0 aromatic rings. The lowest BCUT2D eigenvalue weighted by Gasteiger charge is -2.28. The Bertz CT molecular complexity index is 283. The van der Waals surface area contributed by atoms with Gasteiger partial charge in [-0.1, -0.05) is 0 Å². The molecule has 0 aliphatic heterocycles. The number of hydrogen-bond donors (Lipinski definition) is 1. The third-order valence-electron chi connectivity index (χ3n) is 1.92. The van der Waals surface area contributed by atoms with Crippen LogP contribution in [0.3, 0.4) is 0 Å². The smallest absolute Gasteiger partial charge is 0.326 e. The second-order valence-electron chi connectivity index (χ2n) is 3.29. The minimum atomic E-state index is -1.08. The van der Waals surface area contributed by atoms with Crippen LogP contribution in [0.4, 0.5) is 4.79 Å². The van der Waals surface area contributed by atoms with Gasteiger partial charge in [0.15, 0.2) is 0 Å². The molecule has 84 valence electrons. The standard InChI is InChI=1S/C9H15N3O3/c1-7(8(13)14)12(6-4-5-10)9(15)11(2)3/h7H,4,6H2,1-3H3,(H,13,14). The van der Waals surface area contributed by atoms with Crippen LogP contribution in [-0.4, -0.2) is 53.6 Å². The molecule has 0 fully saturated rings. The molecule has 2 amide bonds. The van der Waals surface area contributed by atoms with E-state index in [0.29, 0.717) is 0 Å². The summed E-state index contributed by atoms with van der Waals surface area (Å²) in [4.78, 5) is 24.8. The summed E-state index contributed by atoms with van der Waals surface area (Å²) in [6.07, 6.45) is 0.122. The molecule has 1 unspecified atom stereocenters. The van der Waals surface area contributed by atoms with Crippen molar-refractivity contribution in [1.29, 1.82) is 5.26 Å².